The molecule has 15 heavy (non-hydrogen) atoms. The molecule has 1 aliphatic heterocycles. The molecule has 0 amide bonds. The third kappa shape index (κ3) is 3.46. The van der Waals surface area contributed by atoms with Crippen molar-refractivity contribution in [1.29, 1.82) is 0 Å². The first-order valence-electron chi connectivity index (χ1n) is 6.67. The first-order valence-corrected chi connectivity index (χ1v) is 6.67. The molecule has 0 aromatic rings. The summed E-state index contributed by atoms with van der Waals surface area (Å²) in [6, 6.07) is 1.56. The van der Waals surface area contributed by atoms with Gasteiger partial charge in [0, 0.05) is 31.7 Å². The molecule has 2 heteroatoms. The van der Waals surface area contributed by atoms with E-state index in [0.717, 1.165) is 18.0 Å². The van der Waals surface area contributed by atoms with Crippen LogP contribution in [-0.2, 0) is 0 Å². The van der Waals surface area contributed by atoms with Crippen LogP contribution in [0.25, 0.3) is 0 Å². The molecule has 0 radical (unpaired) electrons. The fourth-order valence-corrected chi connectivity index (χ4v) is 2.75. The molecule has 1 N–H and O–H groups in total. The molecule has 0 saturated carbocycles. The van der Waals surface area contributed by atoms with E-state index in [1.54, 1.807) is 0 Å². The lowest BCUT2D eigenvalue weighted by Crippen LogP contribution is -2.57. The molecule has 1 aliphatic rings. The fraction of sp³-hybridized carbons (Fsp3) is 1.00. The lowest BCUT2D eigenvalue weighted by Gasteiger charge is -2.43. The van der Waals surface area contributed by atoms with Crippen molar-refractivity contribution in [2.24, 2.45) is 5.92 Å². The SMILES string of the molecule is CCCC(CC)N1CCNCC1C(C)C. The molecule has 2 unspecified atom stereocenters. The zero-order valence-electron chi connectivity index (χ0n) is 10.9. The fourth-order valence-electron chi connectivity index (χ4n) is 2.75. The molecular weight excluding hydrogens is 184 g/mol. The van der Waals surface area contributed by atoms with E-state index in [2.05, 4.69) is 37.9 Å². The summed E-state index contributed by atoms with van der Waals surface area (Å²) in [6.07, 6.45) is 3.98. The maximum absolute atomic E-state index is 3.53. The highest BCUT2D eigenvalue weighted by molar-refractivity contribution is 4.86. The van der Waals surface area contributed by atoms with E-state index in [4.69, 9.17) is 0 Å². The van der Waals surface area contributed by atoms with Gasteiger partial charge in [-0.2, -0.15) is 0 Å². The second-order valence-corrected chi connectivity index (χ2v) is 5.10. The van der Waals surface area contributed by atoms with Crippen molar-refractivity contribution in [2.45, 2.75) is 59.0 Å². The summed E-state index contributed by atoms with van der Waals surface area (Å²) in [5.41, 5.74) is 0. The van der Waals surface area contributed by atoms with Crippen LogP contribution in [0.4, 0.5) is 0 Å². The highest BCUT2D eigenvalue weighted by Gasteiger charge is 2.28. The van der Waals surface area contributed by atoms with Crippen LogP contribution >= 0.6 is 0 Å². The van der Waals surface area contributed by atoms with Crippen molar-refractivity contribution < 1.29 is 0 Å². The van der Waals surface area contributed by atoms with Gasteiger partial charge in [0.05, 0.1) is 0 Å². The minimum absolute atomic E-state index is 0.746. The van der Waals surface area contributed by atoms with Crippen molar-refractivity contribution in [2.75, 3.05) is 19.6 Å². The van der Waals surface area contributed by atoms with Crippen molar-refractivity contribution in [3.05, 3.63) is 0 Å². The van der Waals surface area contributed by atoms with Gasteiger partial charge >= 0.3 is 0 Å². The topological polar surface area (TPSA) is 15.3 Å². The van der Waals surface area contributed by atoms with E-state index in [1.807, 2.05) is 0 Å². The number of hydrogen-bond acceptors (Lipinski definition) is 2. The Hall–Kier alpha value is -0.0800. The highest BCUT2D eigenvalue weighted by Crippen LogP contribution is 2.20. The monoisotopic (exact) mass is 212 g/mol. The summed E-state index contributed by atoms with van der Waals surface area (Å²) in [7, 11) is 0. The van der Waals surface area contributed by atoms with Gasteiger partial charge in [0.1, 0.15) is 0 Å². The Morgan fingerprint density at radius 2 is 2.07 bits per heavy atom. The van der Waals surface area contributed by atoms with Crippen LogP contribution in [0.5, 0.6) is 0 Å². The predicted octanol–water partition coefficient (Wildman–Crippen LogP) is 2.49. The molecule has 2 nitrogen and oxygen atoms in total. The van der Waals surface area contributed by atoms with Gasteiger partial charge in [0.25, 0.3) is 0 Å². The van der Waals surface area contributed by atoms with E-state index < -0.39 is 0 Å². The Labute approximate surface area is 95.4 Å². The molecule has 0 bridgehead atoms. The van der Waals surface area contributed by atoms with Crippen molar-refractivity contribution in [3.8, 4) is 0 Å². The Kier molecular flexibility index (Phi) is 5.62. The molecule has 0 spiro atoms. The predicted molar refractivity (Wildman–Crippen MR) is 67.2 cm³/mol. The number of nitrogens with one attached hydrogen (secondary N) is 1. The third-order valence-corrected chi connectivity index (χ3v) is 3.66. The first kappa shape index (κ1) is 13.0. The Morgan fingerprint density at radius 3 is 2.60 bits per heavy atom. The summed E-state index contributed by atoms with van der Waals surface area (Å²) in [6.45, 7) is 12.9. The Morgan fingerprint density at radius 1 is 1.33 bits per heavy atom. The van der Waals surface area contributed by atoms with Crippen LogP contribution in [0.3, 0.4) is 0 Å². The lowest BCUT2D eigenvalue weighted by atomic mass is 9.96. The molecule has 0 aliphatic carbocycles. The summed E-state index contributed by atoms with van der Waals surface area (Å²) >= 11 is 0. The van der Waals surface area contributed by atoms with E-state index in [9.17, 15) is 0 Å². The van der Waals surface area contributed by atoms with Crippen LogP contribution in [0.15, 0.2) is 0 Å². The average molecular weight is 212 g/mol. The lowest BCUT2D eigenvalue weighted by molar-refractivity contribution is 0.0698. The van der Waals surface area contributed by atoms with Gasteiger partial charge in [-0.25, -0.2) is 0 Å². The number of rotatable bonds is 5. The quantitative estimate of drug-likeness (QED) is 0.753. The standard InChI is InChI=1S/C13H28N2/c1-5-7-12(6-2)15-9-8-14-10-13(15)11(3)4/h11-14H,5-10H2,1-4H3. The van der Waals surface area contributed by atoms with Crippen LogP contribution in [0.1, 0.15) is 47.0 Å². The van der Waals surface area contributed by atoms with Crippen LogP contribution < -0.4 is 5.32 Å². The largest absolute Gasteiger partial charge is 0.314 e. The zero-order chi connectivity index (χ0) is 11.3. The van der Waals surface area contributed by atoms with Gasteiger partial charge in [0.15, 0.2) is 0 Å². The van der Waals surface area contributed by atoms with Crippen LogP contribution in [-0.4, -0.2) is 36.6 Å². The summed E-state index contributed by atoms with van der Waals surface area (Å²) in [4.78, 5) is 2.75. The minimum atomic E-state index is 0.746. The van der Waals surface area contributed by atoms with E-state index in [1.165, 1.54) is 38.9 Å². The second-order valence-electron chi connectivity index (χ2n) is 5.10. The molecule has 1 saturated heterocycles. The highest BCUT2D eigenvalue weighted by atomic mass is 15.2. The second kappa shape index (κ2) is 6.49. The van der Waals surface area contributed by atoms with E-state index in [-0.39, 0.29) is 0 Å². The zero-order valence-corrected chi connectivity index (χ0v) is 10.9. The number of piperazine rings is 1. The van der Waals surface area contributed by atoms with Gasteiger partial charge in [0.2, 0.25) is 0 Å². The Bertz CT molecular complexity index is 168. The molecule has 2 atom stereocenters. The van der Waals surface area contributed by atoms with Crippen LogP contribution in [0.2, 0.25) is 0 Å². The van der Waals surface area contributed by atoms with Gasteiger partial charge < -0.3 is 5.32 Å². The Balaban J connectivity index is 2.60. The molecule has 1 heterocycles. The minimum Gasteiger partial charge on any atom is -0.314 e. The third-order valence-electron chi connectivity index (χ3n) is 3.66. The van der Waals surface area contributed by atoms with Gasteiger partial charge in [-0.05, 0) is 18.8 Å². The van der Waals surface area contributed by atoms with Crippen LogP contribution in [0, 0.1) is 5.92 Å². The molecule has 1 rings (SSSR count). The summed E-state index contributed by atoms with van der Waals surface area (Å²) in [5, 5.41) is 3.53. The van der Waals surface area contributed by atoms with Gasteiger partial charge in [-0.1, -0.05) is 34.1 Å². The molecule has 1 fully saturated rings. The number of hydrogen-bond donors (Lipinski definition) is 1. The van der Waals surface area contributed by atoms with Gasteiger partial charge in [-0.15, -0.1) is 0 Å². The summed E-state index contributed by atoms with van der Waals surface area (Å²) < 4.78 is 0. The van der Waals surface area contributed by atoms with E-state index >= 15 is 0 Å². The summed E-state index contributed by atoms with van der Waals surface area (Å²) in [5.74, 6) is 0.767. The molecule has 90 valence electrons. The van der Waals surface area contributed by atoms with Crippen molar-refractivity contribution >= 4 is 0 Å². The smallest absolute Gasteiger partial charge is 0.0247 e. The maximum Gasteiger partial charge on any atom is 0.0247 e. The normalized spacial score (nSPS) is 25.8. The average Bonchev–Trinajstić information content (AvgIpc) is 2.26. The molecular formula is C13H28N2. The maximum atomic E-state index is 3.53. The van der Waals surface area contributed by atoms with E-state index in [0.29, 0.717) is 0 Å². The molecule has 0 aromatic carbocycles. The van der Waals surface area contributed by atoms with Gasteiger partial charge in [-0.3, -0.25) is 4.90 Å². The number of nitrogens with zero attached hydrogens (tertiary/aromatic N) is 1. The van der Waals surface area contributed by atoms with Crippen molar-refractivity contribution in [1.82, 2.24) is 10.2 Å². The van der Waals surface area contributed by atoms with Crippen molar-refractivity contribution in [3.63, 3.8) is 0 Å². The molecule has 0 aromatic heterocycles. The first-order chi connectivity index (χ1) is 7.20.